The maximum Gasteiger partial charge on any atom is 0.143 e. The Bertz CT molecular complexity index is 840. The van der Waals surface area contributed by atoms with Crippen molar-refractivity contribution in [2.75, 3.05) is 44.2 Å². The molecule has 1 aliphatic heterocycles. The minimum atomic E-state index is 0.0380. The SMILES string of the molecule is CCOc1ccccc1N1CCN(CCC(C(=O)C2CCCCC2)c2ccccc2)CC1. The Morgan fingerprint density at radius 1 is 0.938 bits per heavy atom. The number of ether oxygens (including phenoxy) is 1. The summed E-state index contributed by atoms with van der Waals surface area (Å²) in [5.41, 5.74) is 2.40. The van der Waals surface area contributed by atoms with E-state index in [9.17, 15) is 4.79 Å². The zero-order chi connectivity index (χ0) is 22.2. The molecule has 0 spiro atoms. The topological polar surface area (TPSA) is 32.8 Å². The third-order valence-electron chi connectivity index (χ3n) is 7.17. The van der Waals surface area contributed by atoms with Crippen molar-refractivity contribution in [1.82, 2.24) is 4.90 Å². The van der Waals surface area contributed by atoms with Crippen LogP contribution in [0.25, 0.3) is 0 Å². The van der Waals surface area contributed by atoms with Gasteiger partial charge in [-0.15, -0.1) is 0 Å². The Balaban J connectivity index is 1.35. The molecule has 4 heteroatoms. The molecule has 4 rings (SSSR count). The lowest BCUT2D eigenvalue weighted by atomic mass is 9.78. The number of ketones is 1. The molecule has 1 heterocycles. The molecule has 32 heavy (non-hydrogen) atoms. The van der Waals surface area contributed by atoms with Crippen molar-refractivity contribution in [3.05, 3.63) is 60.2 Å². The van der Waals surface area contributed by atoms with Crippen molar-refractivity contribution in [3.63, 3.8) is 0 Å². The predicted octanol–water partition coefficient (Wildman–Crippen LogP) is 5.53. The highest BCUT2D eigenvalue weighted by atomic mass is 16.5. The van der Waals surface area contributed by atoms with Crippen LogP contribution in [0.2, 0.25) is 0 Å². The molecule has 2 fully saturated rings. The number of Topliss-reactive ketones (excluding diaryl/α,β-unsaturated/α-hetero) is 1. The summed E-state index contributed by atoms with van der Waals surface area (Å²) in [6.07, 6.45) is 6.80. The van der Waals surface area contributed by atoms with Gasteiger partial charge in [0.1, 0.15) is 11.5 Å². The molecule has 1 saturated heterocycles. The maximum atomic E-state index is 13.5. The molecule has 4 nitrogen and oxygen atoms in total. The molecule has 2 aromatic carbocycles. The van der Waals surface area contributed by atoms with E-state index in [1.807, 2.05) is 19.1 Å². The van der Waals surface area contributed by atoms with Crippen molar-refractivity contribution in [1.29, 1.82) is 0 Å². The summed E-state index contributed by atoms with van der Waals surface area (Å²) in [6.45, 7) is 7.75. The van der Waals surface area contributed by atoms with E-state index in [2.05, 4.69) is 52.3 Å². The molecule has 2 aromatic rings. The first-order valence-electron chi connectivity index (χ1n) is 12.5. The number of nitrogens with zero attached hydrogens (tertiary/aromatic N) is 2. The molecular formula is C28H38N2O2. The van der Waals surface area contributed by atoms with Crippen molar-refractivity contribution in [3.8, 4) is 5.75 Å². The standard InChI is InChI=1S/C28H38N2O2/c1-2-32-27-16-10-9-15-26(27)30-21-19-29(20-22-30)18-17-25(23-11-5-3-6-12-23)28(31)24-13-7-4-8-14-24/h3,5-6,9-12,15-16,24-25H,2,4,7-8,13-14,17-22H2,1H3. The van der Waals surface area contributed by atoms with Gasteiger partial charge in [-0.2, -0.15) is 0 Å². The monoisotopic (exact) mass is 434 g/mol. The average Bonchev–Trinajstić information content (AvgIpc) is 2.86. The van der Waals surface area contributed by atoms with E-state index in [1.165, 1.54) is 30.5 Å². The fraction of sp³-hybridized carbons (Fsp3) is 0.536. The summed E-state index contributed by atoms with van der Waals surface area (Å²) in [7, 11) is 0. The highest BCUT2D eigenvalue weighted by Crippen LogP contribution is 2.33. The lowest BCUT2D eigenvalue weighted by Gasteiger charge is -2.37. The number of rotatable bonds is 9. The van der Waals surface area contributed by atoms with E-state index in [0.717, 1.165) is 57.7 Å². The zero-order valence-corrected chi connectivity index (χ0v) is 19.5. The Morgan fingerprint density at radius 2 is 1.62 bits per heavy atom. The molecule has 0 amide bonds. The van der Waals surface area contributed by atoms with Gasteiger partial charge in [0.25, 0.3) is 0 Å². The third-order valence-corrected chi connectivity index (χ3v) is 7.17. The minimum Gasteiger partial charge on any atom is -0.492 e. The van der Waals surface area contributed by atoms with Crippen LogP contribution in [0.5, 0.6) is 5.75 Å². The largest absolute Gasteiger partial charge is 0.492 e. The van der Waals surface area contributed by atoms with Gasteiger partial charge in [0.15, 0.2) is 0 Å². The first-order chi connectivity index (χ1) is 15.8. The van der Waals surface area contributed by atoms with Crippen LogP contribution in [0.4, 0.5) is 5.69 Å². The first kappa shape index (κ1) is 22.8. The second kappa shape index (κ2) is 11.5. The van der Waals surface area contributed by atoms with Crippen molar-refractivity contribution >= 4 is 11.5 Å². The molecule has 2 aliphatic rings. The van der Waals surface area contributed by atoms with Crippen LogP contribution >= 0.6 is 0 Å². The smallest absolute Gasteiger partial charge is 0.143 e. The number of piperazine rings is 1. The number of hydrogen-bond acceptors (Lipinski definition) is 4. The van der Waals surface area contributed by atoms with Crippen LogP contribution in [0.1, 0.15) is 56.9 Å². The van der Waals surface area contributed by atoms with E-state index >= 15 is 0 Å². The molecule has 1 unspecified atom stereocenters. The number of hydrogen-bond donors (Lipinski definition) is 0. The van der Waals surface area contributed by atoms with Crippen LogP contribution in [0, 0.1) is 5.92 Å². The Hall–Kier alpha value is -2.33. The van der Waals surface area contributed by atoms with Crippen molar-refractivity contribution in [2.24, 2.45) is 5.92 Å². The number of carbonyl (C=O) groups is 1. The van der Waals surface area contributed by atoms with Gasteiger partial charge >= 0.3 is 0 Å². The summed E-state index contributed by atoms with van der Waals surface area (Å²) in [6, 6.07) is 18.8. The third kappa shape index (κ3) is 5.72. The van der Waals surface area contributed by atoms with Gasteiger partial charge in [-0.25, -0.2) is 0 Å². The van der Waals surface area contributed by atoms with Gasteiger partial charge in [0.05, 0.1) is 12.3 Å². The van der Waals surface area contributed by atoms with Crippen LogP contribution in [0.3, 0.4) is 0 Å². The number of carbonyl (C=O) groups excluding carboxylic acids is 1. The molecule has 0 radical (unpaired) electrons. The normalized spacial score (nSPS) is 19.0. The Morgan fingerprint density at radius 3 is 2.34 bits per heavy atom. The Labute approximate surface area is 193 Å². The van der Waals surface area contributed by atoms with Crippen LogP contribution in [0.15, 0.2) is 54.6 Å². The summed E-state index contributed by atoms with van der Waals surface area (Å²) >= 11 is 0. The maximum absolute atomic E-state index is 13.5. The van der Waals surface area contributed by atoms with Crippen LogP contribution in [-0.2, 0) is 4.79 Å². The van der Waals surface area contributed by atoms with E-state index in [4.69, 9.17) is 4.74 Å². The van der Waals surface area contributed by atoms with E-state index in [0.29, 0.717) is 12.4 Å². The lowest BCUT2D eigenvalue weighted by molar-refractivity contribution is -0.125. The Kier molecular flexibility index (Phi) is 8.22. The van der Waals surface area contributed by atoms with Gasteiger partial charge in [0, 0.05) is 38.0 Å². The molecule has 1 saturated carbocycles. The predicted molar refractivity (Wildman–Crippen MR) is 132 cm³/mol. The molecule has 0 N–H and O–H groups in total. The molecule has 0 bridgehead atoms. The zero-order valence-electron chi connectivity index (χ0n) is 19.5. The fourth-order valence-corrected chi connectivity index (χ4v) is 5.35. The van der Waals surface area contributed by atoms with E-state index < -0.39 is 0 Å². The van der Waals surface area contributed by atoms with Crippen molar-refractivity contribution in [2.45, 2.75) is 51.4 Å². The van der Waals surface area contributed by atoms with E-state index in [1.54, 1.807) is 0 Å². The quantitative estimate of drug-likeness (QED) is 0.519. The molecular weight excluding hydrogens is 396 g/mol. The molecule has 1 atom stereocenters. The highest BCUT2D eigenvalue weighted by molar-refractivity contribution is 5.88. The summed E-state index contributed by atoms with van der Waals surface area (Å²) in [4.78, 5) is 18.4. The summed E-state index contributed by atoms with van der Waals surface area (Å²) in [5.74, 6) is 1.77. The molecule has 172 valence electrons. The van der Waals surface area contributed by atoms with Gasteiger partial charge in [-0.05, 0) is 50.4 Å². The van der Waals surface area contributed by atoms with E-state index in [-0.39, 0.29) is 11.8 Å². The van der Waals surface area contributed by atoms with Gasteiger partial charge in [-0.3, -0.25) is 9.69 Å². The first-order valence-corrected chi connectivity index (χ1v) is 12.5. The molecule has 1 aliphatic carbocycles. The lowest BCUT2D eigenvalue weighted by Crippen LogP contribution is -2.47. The average molecular weight is 435 g/mol. The summed E-state index contributed by atoms with van der Waals surface area (Å²) < 4.78 is 5.84. The fourth-order valence-electron chi connectivity index (χ4n) is 5.35. The minimum absolute atomic E-state index is 0.0380. The number of anilines is 1. The van der Waals surface area contributed by atoms with Gasteiger partial charge < -0.3 is 9.64 Å². The second-order valence-corrected chi connectivity index (χ2v) is 9.22. The van der Waals surface area contributed by atoms with Gasteiger partial charge in [0.2, 0.25) is 0 Å². The highest BCUT2D eigenvalue weighted by Gasteiger charge is 2.30. The summed E-state index contributed by atoms with van der Waals surface area (Å²) in [5, 5.41) is 0. The second-order valence-electron chi connectivity index (χ2n) is 9.22. The molecule has 0 aromatic heterocycles. The number of para-hydroxylation sites is 2. The van der Waals surface area contributed by atoms with Gasteiger partial charge in [-0.1, -0.05) is 61.7 Å². The number of benzene rings is 2. The van der Waals surface area contributed by atoms with Crippen LogP contribution < -0.4 is 9.64 Å². The van der Waals surface area contributed by atoms with Crippen molar-refractivity contribution < 1.29 is 9.53 Å². The van der Waals surface area contributed by atoms with Crippen LogP contribution in [-0.4, -0.2) is 50.0 Å².